The van der Waals surface area contributed by atoms with Gasteiger partial charge in [0.25, 0.3) is 0 Å². The van der Waals surface area contributed by atoms with E-state index in [4.69, 9.17) is 5.11 Å². The molecule has 0 aromatic heterocycles. The molecule has 0 aliphatic heterocycles. The monoisotopic (exact) mass is 154 g/mol. The van der Waals surface area contributed by atoms with Crippen molar-refractivity contribution in [1.82, 2.24) is 0 Å². The summed E-state index contributed by atoms with van der Waals surface area (Å²) >= 11 is 0. The summed E-state index contributed by atoms with van der Waals surface area (Å²) in [6.07, 6.45) is 2.73. The highest BCUT2D eigenvalue weighted by Crippen LogP contribution is 2.02. The Kier molecular flexibility index (Phi) is 5.54. The van der Waals surface area contributed by atoms with Gasteiger partial charge in [-0.1, -0.05) is 25.0 Å². The first-order valence-electron chi connectivity index (χ1n) is 3.60. The SMILES string of the molecule is CC#CC(O)C(C)C=CCO. The van der Waals surface area contributed by atoms with Gasteiger partial charge in [-0.25, -0.2) is 0 Å². The van der Waals surface area contributed by atoms with Crippen LogP contribution in [0.4, 0.5) is 0 Å². The molecule has 62 valence electrons. The summed E-state index contributed by atoms with van der Waals surface area (Å²) in [5, 5.41) is 17.7. The second-order valence-electron chi connectivity index (χ2n) is 2.31. The largest absolute Gasteiger partial charge is 0.392 e. The smallest absolute Gasteiger partial charge is 0.120 e. The number of hydrogen-bond donors (Lipinski definition) is 2. The summed E-state index contributed by atoms with van der Waals surface area (Å²) in [5.74, 6) is 5.24. The molecule has 2 unspecified atom stereocenters. The second kappa shape index (κ2) is 5.96. The molecule has 0 spiro atoms. The summed E-state index contributed by atoms with van der Waals surface area (Å²) < 4.78 is 0. The fraction of sp³-hybridized carbons (Fsp3) is 0.556. The van der Waals surface area contributed by atoms with E-state index in [0.717, 1.165) is 0 Å². The van der Waals surface area contributed by atoms with E-state index in [2.05, 4.69) is 11.8 Å². The lowest BCUT2D eigenvalue weighted by Crippen LogP contribution is -2.12. The van der Waals surface area contributed by atoms with Crippen LogP contribution in [0, 0.1) is 17.8 Å². The molecule has 2 atom stereocenters. The molecule has 0 bridgehead atoms. The summed E-state index contributed by atoms with van der Waals surface area (Å²) in [4.78, 5) is 0. The molecule has 0 rings (SSSR count). The Bertz CT molecular complexity index is 174. The molecule has 0 aromatic rings. The quantitative estimate of drug-likeness (QED) is 0.460. The highest BCUT2D eigenvalue weighted by molar-refractivity contribution is 5.07. The fourth-order valence-corrected chi connectivity index (χ4v) is 0.660. The van der Waals surface area contributed by atoms with Crippen LogP contribution in [0.3, 0.4) is 0 Å². The average Bonchev–Trinajstić information content (AvgIpc) is 2.00. The van der Waals surface area contributed by atoms with E-state index in [1.54, 1.807) is 19.1 Å². The third-order valence-electron chi connectivity index (χ3n) is 1.34. The zero-order chi connectivity index (χ0) is 8.69. The summed E-state index contributed by atoms with van der Waals surface area (Å²) in [6.45, 7) is 3.55. The maximum atomic E-state index is 9.24. The number of aliphatic hydroxyl groups is 2. The average molecular weight is 154 g/mol. The van der Waals surface area contributed by atoms with Crippen molar-refractivity contribution in [1.29, 1.82) is 0 Å². The maximum absolute atomic E-state index is 9.24. The van der Waals surface area contributed by atoms with Crippen molar-refractivity contribution >= 4 is 0 Å². The maximum Gasteiger partial charge on any atom is 0.120 e. The predicted octanol–water partition coefficient (Wildman–Crippen LogP) is 0.555. The molecule has 0 saturated heterocycles. The van der Waals surface area contributed by atoms with Crippen LogP contribution >= 0.6 is 0 Å². The third kappa shape index (κ3) is 4.60. The van der Waals surface area contributed by atoms with Crippen molar-refractivity contribution in [2.24, 2.45) is 5.92 Å². The highest BCUT2D eigenvalue weighted by atomic mass is 16.3. The van der Waals surface area contributed by atoms with Gasteiger partial charge in [-0.15, -0.1) is 5.92 Å². The van der Waals surface area contributed by atoms with Crippen LogP contribution in [-0.2, 0) is 0 Å². The summed E-state index contributed by atoms with van der Waals surface area (Å²) in [5.41, 5.74) is 0. The minimum absolute atomic E-state index is 0.0105. The Hall–Kier alpha value is -0.780. The fourth-order valence-electron chi connectivity index (χ4n) is 0.660. The lowest BCUT2D eigenvalue weighted by molar-refractivity contribution is 0.194. The Balaban J connectivity index is 3.88. The molecule has 0 amide bonds. The van der Waals surface area contributed by atoms with Gasteiger partial charge < -0.3 is 10.2 Å². The summed E-state index contributed by atoms with van der Waals surface area (Å²) in [7, 11) is 0. The lowest BCUT2D eigenvalue weighted by atomic mass is 10.1. The van der Waals surface area contributed by atoms with Crippen LogP contribution in [0.15, 0.2) is 12.2 Å². The van der Waals surface area contributed by atoms with Crippen LogP contribution < -0.4 is 0 Å². The van der Waals surface area contributed by atoms with Crippen molar-refractivity contribution in [3.8, 4) is 11.8 Å². The summed E-state index contributed by atoms with van der Waals surface area (Å²) in [6, 6.07) is 0. The molecule has 2 N–H and O–H groups in total. The standard InChI is InChI=1S/C9H14O2/c1-3-5-9(11)8(2)6-4-7-10/h4,6,8-11H,7H2,1-2H3. The van der Waals surface area contributed by atoms with Gasteiger partial charge in [0.2, 0.25) is 0 Å². The molecule has 0 aliphatic carbocycles. The first-order valence-corrected chi connectivity index (χ1v) is 3.60. The Labute approximate surface area is 67.6 Å². The second-order valence-corrected chi connectivity index (χ2v) is 2.31. The van der Waals surface area contributed by atoms with Crippen molar-refractivity contribution in [3.05, 3.63) is 12.2 Å². The number of rotatable bonds is 3. The van der Waals surface area contributed by atoms with Crippen LogP contribution in [0.2, 0.25) is 0 Å². The van der Waals surface area contributed by atoms with E-state index in [-0.39, 0.29) is 12.5 Å². The molecule has 0 fully saturated rings. The van der Waals surface area contributed by atoms with Gasteiger partial charge in [-0.2, -0.15) is 0 Å². The van der Waals surface area contributed by atoms with Crippen LogP contribution in [0.25, 0.3) is 0 Å². The van der Waals surface area contributed by atoms with Gasteiger partial charge in [0.15, 0.2) is 0 Å². The molecule has 0 saturated carbocycles. The molecular formula is C9H14O2. The van der Waals surface area contributed by atoms with Gasteiger partial charge in [-0.3, -0.25) is 0 Å². The molecular weight excluding hydrogens is 140 g/mol. The minimum atomic E-state index is -0.622. The van der Waals surface area contributed by atoms with Crippen molar-refractivity contribution < 1.29 is 10.2 Å². The van der Waals surface area contributed by atoms with Gasteiger partial charge in [0.05, 0.1) is 6.61 Å². The Morgan fingerprint density at radius 2 is 2.18 bits per heavy atom. The molecule has 0 radical (unpaired) electrons. The number of hydrogen-bond acceptors (Lipinski definition) is 2. The van der Waals surface area contributed by atoms with E-state index in [1.807, 2.05) is 6.92 Å². The van der Waals surface area contributed by atoms with E-state index in [0.29, 0.717) is 0 Å². The van der Waals surface area contributed by atoms with Crippen molar-refractivity contribution in [2.75, 3.05) is 6.61 Å². The zero-order valence-corrected chi connectivity index (χ0v) is 6.91. The minimum Gasteiger partial charge on any atom is -0.392 e. The van der Waals surface area contributed by atoms with Crippen molar-refractivity contribution in [3.63, 3.8) is 0 Å². The molecule has 0 aliphatic rings. The molecule has 2 nitrogen and oxygen atoms in total. The van der Waals surface area contributed by atoms with E-state index < -0.39 is 6.10 Å². The normalized spacial score (nSPS) is 15.6. The van der Waals surface area contributed by atoms with Crippen LogP contribution in [0.5, 0.6) is 0 Å². The van der Waals surface area contributed by atoms with Crippen molar-refractivity contribution in [2.45, 2.75) is 20.0 Å². The first-order chi connectivity index (χ1) is 5.22. The molecule has 0 heterocycles. The Morgan fingerprint density at radius 3 is 2.64 bits per heavy atom. The Morgan fingerprint density at radius 1 is 1.55 bits per heavy atom. The number of aliphatic hydroxyl groups excluding tert-OH is 2. The van der Waals surface area contributed by atoms with E-state index in [1.165, 1.54) is 0 Å². The van der Waals surface area contributed by atoms with Crippen LogP contribution in [0.1, 0.15) is 13.8 Å². The topological polar surface area (TPSA) is 40.5 Å². The van der Waals surface area contributed by atoms with Gasteiger partial charge in [-0.05, 0) is 6.92 Å². The van der Waals surface area contributed by atoms with Crippen LogP contribution in [-0.4, -0.2) is 22.9 Å². The van der Waals surface area contributed by atoms with E-state index in [9.17, 15) is 5.11 Å². The lowest BCUT2D eigenvalue weighted by Gasteiger charge is -2.07. The molecule has 0 aromatic carbocycles. The van der Waals surface area contributed by atoms with Gasteiger partial charge >= 0.3 is 0 Å². The molecule has 2 heteroatoms. The van der Waals surface area contributed by atoms with Gasteiger partial charge in [0, 0.05) is 5.92 Å². The first kappa shape index (κ1) is 10.2. The van der Waals surface area contributed by atoms with E-state index >= 15 is 0 Å². The zero-order valence-electron chi connectivity index (χ0n) is 6.91. The molecule has 11 heavy (non-hydrogen) atoms. The van der Waals surface area contributed by atoms with Gasteiger partial charge in [0.1, 0.15) is 6.10 Å². The highest BCUT2D eigenvalue weighted by Gasteiger charge is 2.05. The predicted molar refractivity (Wildman–Crippen MR) is 44.8 cm³/mol. The third-order valence-corrected chi connectivity index (χ3v) is 1.34.